The summed E-state index contributed by atoms with van der Waals surface area (Å²) in [5.74, 6) is 3.04. The van der Waals surface area contributed by atoms with E-state index >= 15 is 0 Å². The summed E-state index contributed by atoms with van der Waals surface area (Å²) < 4.78 is 10.8. The van der Waals surface area contributed by atoms with Gasteiger partial charge in [-0.3, -0.25) is 4.79 Å². The number of anilines is 1. The van der Waals surface area contributed by atoms with E-state index in [0.717, 1.165) is 60.6 Å². The Balaban J connectivity index is 1.18. The third-order valence-corrected chi connectivity index (χ3v) is 9.59. The number of halogens is 1. The fourth-order valence-corrected chi connectivity index (χ4v) is 7.88. The van der Waals surface area contributed by atoms with Crippen molar-refractivity contribution in [2.75, 3.05) is 39.3 Å². The van der Waals surface area contributed by atoms with Crippen molar-refractivity contribution in [3.63, 3.8) is 0 Å². The van der Waals surface area contributed by atoms with Gasteiger partial charge < -0.3 is 19.3 Å². The van der Waals surface area contributed by atoms with Crippen molar-refractivity contribution in [2.24, 2.45) is 10.8 Å². The van der Waals surface area contributed by atoms with Crippen LogP contribution in [-0.4, -0.2) is 61.2 Å². The molecular weight excluding hydrogens is 568 g/mol. The zero-order chi connectivity index (χ0) is 30.1. The Kier molecular flexibility index (Phi) is 8.95. The van der Waals surface area contributed by atoms with Crippen molar-refractivity contribution in [1.29, 1.82) is 0 Å². The van der Waals surface area contributed by atoms with Gasteiger partial charge in [0, 0.05) is 43.6 Å². The maximum atomic E-state index is 13.4. The van der Waals surface area contributed by atoms with E-state index in [1.54, 1.807) is 20.3 Å². The van der Waals surface area contributed by atoms with Gasteiger partial charge in [-0.05, 0) is 71.9 Å². The van der Waals surface area contributed by atoms with E-state index in [9.17, 15) is 4.79 Å². The number of rotatable bonds is 10. The fraction of sp³-hybridized carbons (Fsp3) is 0.485. The number of likely N-dealkylation sites (tertiary alicyclic amines) is 1. The first-order valence-corrected chi connectivity index (χ1v) is 15.8. The topological polar surface area (TPSA) is 67.8 Å². The first-order valence-electron chi connectivity index (χ1n) is 14.5. The van der Waals surface area contributed by atoms with Crippen molar-refractivity contribution in [1.82, 2.24) is 14.9 Å². The summed E-state index contributed by atoms with van der Waals surface area (Å²) in [6.45, 7) is 8.62. The van der Waals surface area contributed by atoms with Crippen LogP contribution >= 0.6 is 23.4 Å². The monoisotopic (exact) mass is 608 g/mol. The molecule has 2 bridgehead atoms. The average molecular weight is 609 g/mol. The predicted molar refractivity (Wildman–Crippen MR) is 170 cm³/mol. The van der Waals surface area contributed by atoms with Gasteiger partial charge in [0.25, 0.3) is 5.91 Å². The molecule has 1 aromatic heterocycles. The van der Waals surface area contributed by atoms with Gasteiger partial charge in [0.1, 0.15) is 11.0 Å². The molecule has 1 saturated carbocycles. The number of benzene rings is 2. The van der Waals surface area contributed by atoms with Crippen LogP contribution in [0, 0.1) is 10.8 Å². The molecule has 0 spiro atoms. The van der Waals surface area contributed by atoms with Crippen molar-refractivity contribution in [3.05, 3.63) is 70.4 Å². The van der Waals surface area contributed by atoms with Crippen LogP contribution in [-0.2, 0) is 12.2 Å². The molecule has 2 aromatic carbocycles. The number of amides is 1. The summed E-state index contributed by atoms with van der Waals surface area (Å²) in [6.07, 6.45) is 4.18. The Hall–Kier alpha value is -2.97. The molecule has 9 heteroatoms. The zero-order valence-electron chi connectivity index (χ0n) is 25.4. The minimum absolute atomic E-state index is 0.152. The summed E-state index contributed by atoms with van der Waals surface area (Å²) >= 11 is 7.92. The minimum Gasteiger partial charge on any atom is -0.493 e. The highest BCUT2D eigenvalue weighted by atomic mass is 35.5. The summed E-state index contributed by atoms with van der Waals surface area (Å²) in [5, 5.41) is 1.03. The standard InChI is InChI=1S/C33H41ClN4O3S/c1-32(2)17-25-18-33(3,20-32)21-38(25)30(39)24-10-7-23(8-11-24)19-42-31-35-28(34)16-29(36-31)37(4)14-13-22-9-12-26(40-5)27(15-22)41-6/h7-12,15-16,25H,13-14,17-21H2,1-6H3. The SMILES string of the molecule is COc1ccc(CCN(C)c2cc(Cl)nc(SCc3ccc(C(=O)N4CC5(C)CC4CC(C)(C)C5)cc3)n2)cc1OC. The van der Waals surface area contributed by atoms with E-state index in [-0.39, 0.29) is 16.7 Å². The van der Waals surface area contributed by atoms with Gasteiger partial charge in [0.05, 0.1) is 14.2 Å². The zero-order valence-corrected chi connectivity index (χ0v) is 27.0. The number of thioether (sulfide) groups is 1. The Morgan fingerprint density at radius 1 is 1.02 bits per heavy atom. The normalized spacial score (nSPS) is 20.8. The van der Waals surface area contributed by atoms with Crippen LogP contribution < -0.4 is 14.4 Å². The lowest BCUT2D eigenvalue weighted by atomic mass is 9.65. The predicted octanol–water partition coefficient (Wildman–Crippen LogP) is 7.16. The number of hydrogen-bond donors (Lipinski definition) is 0. The number of nitrogens with zero attached hydrogens (tertiary/aromatic N) is 4. The van der Waals surface area contributed by atoms with Gasteiger partial charge in [-0.1, -0.05) is 62.3 Å². The highest BCUT2D eigenvalue weighted by Gasteiger charge is 2.51. The second-order valence-electron chi connectivity index (χ2n) is 12.8. The van der Waals surface area contributed by atoms with Gasteiger partial charge in [0.2, 0.25) is 0 Å². The lowest BCUT2D eigenvalue weighted by Crippen LogP contribution is -2.37. The number of likely N-dealkylation sites (N-methyl/N-ethyl adjacent to an activating group) is 1. The average Bonchev–Trinajstić information content (AvgIpc) is 3.22. The molecule has 1 aliphatic heterocycles. The first-order chi connectivity index (χ1) is 20.0. The van der Waals surface area contributed by atoms with Crippen molar-refractivity contribution >= 4 is 35.1 Å². The van der Waals surface area contributed by atoms with Crippen LogP contribution in [0.25, 0.3) is 0 Å². The number of ether oxygens (including phenoxy) is 2. The van der Waals surface area contributed by atoms with Crippen molar-refractivity contribution in [2.45, 2.75) is 63.4 Å². The number of carbonyl (C=O) groups excluding carboxylic acids is 1. The molecule has 1 amide bonds. The fourth-order valence-electron chi connectivity index (χ4n) is 6.85. The maximum Gasteiger partial charge on any atom is 0.254 e. The molecule has 42 heavy (non-hydrogen) atoms. The summed E-state index contributed by atoms with van der Waals surface area (Å²) in [5.41, 5.74) is 3.52. The van der Waals surface area contributed by atoms with Gasteiger partial charge in [0.15, 0.2) is 16.7 Å². The van der Waals surface area contributed by atoms with Gasteiger partial charge in [-0.2, -0.15) is 0 Å². The van der Waals surface area contributed by atoms with Crippen molar-refractivity contribution in [3.8, 4) is 11.5 Å². The molecule has 2 aliphatic rings. The Labute approximate surface area is 259 Å². The van der Waals surface area contributed by atoms with Gasteiger partial charge in [-0.25, -0.2) is 9.97 Å². The van der Waals surface area contributed by atoms with Crippen LogP contribution in [0.15, 0.2) is 53.7 Å². The van der Waals surface area contributed by atoms with Crippen molar-refractivity contribution < 1.29 is 14.3 Å². The third-order valence-electron chi connectivity index (χ3n) is 8.48. The molecule has 2 atom stereocenters. The molecule has 1 aliphatic carbocycles. The Morgan fingerprint density at radius 2 is 1.74 bits per heavy atom. The third kappa shape index (κ3) is 6.97. The highest BCUT2D eigenvalue weighted by Crippen LogP contribution is 2.52. The van der Waals surface area contributed by atoms with E-state index in [4.69, 9.17) is 26.1 Å². The van der Waals surface area contributed by atoms with E-state index < -0.39 is 0 Å². The molecule has 2 fully saturated rings. The maximum absolute atomic E-state index is 13.4. The number of hydrogen-bond acceptors (Lipinski definition) is 7. The largest absolute Gasteiger partial charge is 0.493 e. The van der Waals surface area contributed by atoms with E-state index in [1.165, 1.54) is 18.2 Å². The number of carbonyl (C=O) groups is 1. The van der Waals surface area contributed by atoms with E-state index in [2.05, 4.69) is 35.6 Å². The van der Waals surface area contributed by atoms with E-state index in [0.29, 0.717) is 27.9 Å². The second kappa shape index (κ2) is 12.3. The highest BCUT2D eigenvalue weighted by molar-refractivity contribution is 7.98. The molecule has 7 nitrogen and oxygen atoms in total. The molecule has 3 aromatic rings. The molecule has 224 valence electrons. The van der Waals surface area contributed by atoms with E-state index in [1.807, 2.05) is 49.5 Å². The molecule has 5 rings (SSSR count). The smallest absolute Gasteiger partial charge is 0.254 e. The van der Waals surface area contributed by atoms with Crippen LogP contribution in [0.2, 0.25) is 5.15 Å². The number of fused-ring (bicyclic) bond motifs is 2. The van der Waals surface area contributed by atoms with Gasteiger partial charge in [-0.15, -0.1) is 0 Å². The summed E-state index contributed by atoms with van der Waals surface area (Å²) in [4.78, 5) is 26.8. The number of methoxy groups -OCH3 is 2. The van der Waals surface area contributed by atoms with Crippen LogP contribution in [0.3, 0.4) is 0 Å². The minimum atomic E-state index is 0.152. The van der Waals surface area contributed by atoms with Crippen LogP contribution in [0.1, 0.15) is 61.5 Å². The molecule has 0 radical (unpaired) electrons. The Morgan fingerprint density at radius 3 is 2.45 bits per heavy atom. The molecule has 2 heterocycles. The summed E-state index contributed by atoms with van der Waals surface area (Å²) in [7, 11) is 5.28. The summed E-state index contributed by atoms with van der Waals surface area (Å²) in [6, 6.07) is 16.1. The quantitative estimate of drug-likeness (QED) is 0.137. The molecule has 1 saturated heterocycles. The molecule has 2 unspecified atom stereocenters. The Bertz CT molecular complexity index is 1430. The second-order valence-corrected chi connectivity index (χ2v) is 14.2. The first kappa shape index (κ1) is 30.5. The van der Waals surface area contributed by atoms with Gasteiger partial charge >= 0.3 is 0 Å². The lowest BCUT2D eigenvalue weighted by Gasteiger charge is -2.39. The lowest BCUT2D eigenvalue weighted by molar-refractivity contribution is 0.0708. The van der Waals surface area contributed by atoms with Crippen LogP contribution in [0.5, 0.6) is 11.5 Å². The molecule has 0 N–H and O–H groups in total. The van der Waals surface area contributed by atoms with Crippen LogP contribution in [0.4, 0.5) is 5.82 Å². The number of aromatic nitrogens is 2. The molecular formula is C33H41ClN4O3S.